The minimum Gasteiger partial charge on any atom is -0.364 e. The summed E-state index contributed by atoms with van der Waals surface area (Å²) in [5.74, 6) is -1.03. The molecule has 0 aliphatic rings. The Balaban J connectivity index is 2.53. The third-order valence-electron chi connectivity index (χ3n) is 2.18. The first-order valence-electron chi connectivity index (χ1n) is 4.57. The summed E-state index contributed by atoms with van der Waals surface area (Å²) >= 11 is 0. The monoisotopic (exact) mass is 220 g/mol. The van der Waals surface area contributed by atoms with Crippen molar-refractivity contribution in [2.75, 3.05) is 0 Å². The SMILES string of the molecule is Cc1c(C(N)=O)nnn1-c1cccc(F)c1. The first-order chi connectivity index (χ1) is 7.59. The van der Waals surface area contributed by atoms with Crippen LogP contribution in [0.25, 0.3) is 5.69 Å². The highest BCUT2D eigenvalue weighted by Crippen LogP contribution is 2.12. The second kappa shape index (κ2) is 3.73. The summed E-state index contributed by atoms with van der Waals surface area (Å²) < 4.78 is 14.4. The number of benzene rings is 1. The molecule has 1 aromatic heterocycles. The van der Waals surface area contributed by atoms with Crippen molar-refractivity contribution >= 4 is 5.91 Å². The Hall–Kier alpha value is -2.24. The van der Waals surface area contributed by atoms with Gasteiger partial charge in [-0.25, -0.2) is 9.07 Å². The predicted molar refractivity (Wildman–Crippen MR) is 54.6 cm³/mol. The molecule has 1 heterocycles. The van der Waals surface area contributed by atoms with E-state index in [9.17, 15) is 9.18 Å². The van der Waals surface area contributed by atoms with Gasteiger partial charge >= 0.3 is 0 Å². The number of hydrogen-bond donors (Lipinski definition) is 1. The van der Waals surface area contributed by atoms with E-state index in [4.69, 9.17) is 5.73 Å². The average molecular weight is 220 g/mol. The molecule has 2 N–H and O–H groups in total. The number of nitrogens with zero attached hydrogens (tertiary/aromatic N) is 3. The van der Waals surface area contributed by atoms with Crippen LogP contribution in [0.2, 0.25) is 0 Å². The Labute approximate surface area is 90.7 Å². The largest absolute Gasteiger partial charge is 0.364 e. The van der Waals surface area contributed by atoms with E-state index in [1.54, 1.807) is 19.1 Å². The maximum atomic E-state index is 13.0. The fraction of sp³-hybridized carbons (Fsp3) is 0.100. The molecule has 2 aromatic rings. The van der Waals surface area contributed by atoms with E-state index in [0.717, 1.165) is 0 Å². The van der Waals surface area contributed by atoms with Gasteiger partial charge in [0, 0.05) is 0 Å². The predicted octanol–water partition coefficient (Wildman–Crippen LogP) is 0.814. The van der Waals surface area contributed by atoms with Crippen LogP contribution in [0, 0.1) is 12.7 Å². The number of carbonyl (C=O) groups excluding carboxylic acids is 1. The molecule has 0 saturated carbocycles. The second-order valence-electron chi connectivity index (χ2n) is 3.28. The van der Waals surface area contributed by atoms with Gasteiger partial charge in [0.15, 0.2) is 5.69 Å². The van der Waals surface area contributed by atoms with Crippen LogP contribution in [0.5, 0.6) is 0 Å². The minimum atomic E-state index is -0.653. The van der Waals surface area contributed by atoms with Gasteiger partial charge in [-0.15, -0.1) is 5.10 Å². The lowest BCUT2D eigenvalue weighted by Gasteiger charge is -2.02. The van der Waals surface area contributed by atoms with Gasteiger partial charge in [0.2, 0.25) is 0 Å². The molecule has 1 aromatic carbocycles. The number of carbonyl (C=O) groups is 1. The summed E-state index contributed by atoms with van der Waals surface area (Å²) in [5.41, 5.74) is 6.18. The van der Waals surface area contributed by atoms with E-state index in [1.165, 1.54) is 16.8 Å². The molecule has 0 aliphatic carbocycles. The van der Waals surface area contributed by atoms with Crippen LogP contribution in [-0.4, -0.2) is 20.9 Å². The lowest BCUT2D eigenvalue weighted by molar-refractivity contribution is 0.0995. The third-order valence-corrected chi connectivity index (χ3v) is 2.18. The Kier molecular flexibility index (Phi) is 2.40. The fourth-order valence-electron chi connectivity index (χ4n) is 1.41. The molecule has 82 valence electrons. The molecule has 6 heteroatoms. The number of aromatic nitrogens is 3. The van der Waals surface area contributed by atoms with E-state index in [0.29, 0.717) is 11.4 Å². The summed E-state index contributed by atoms with van der Waals surface area (Å²) in [4.78, 5) is 11.0. The van der Waals surface area contributed by atoms with Gasteiger partial charge in [-0.3, -0.25) is 4.79 Å². The third kappa shape index (κ3) is 1.65. The Morgan fingerprint density at radius 1 is 1.50 bits per heavy atom. The molecule has 2 rings (SSSR count). The maximum Gasteiger partial charge on any atom is 0.271 e. The molecule has 0 saturated heterocycles. The van der Waals surface area contributed by atoms with Gasteiger partial charge in [0.25, 0.3) is 5.91 Å². The standard InChI is InChI=1S/C10H9FN4O/c1-6-9(10(12)16)13-14-15(6)8-4-2-3-7(11)5-8/h2-5H,1H3,(H2,12,16). The van der Waals surface area contributed by atoms with Gasteiger partial charge in [-0.1, -0.05) is 11.3 Å². The fourth-order valence-corrected chi connectivity index (χ4v) is 1.41. The van der Waals surface area contributed by atoms with Crippen molar-refractivity contribution in [3.05, 3.63) is 41.5 Å². The molecule has 0 unspecified atom stereocenters. The average Bonchev–Trinajstić information content (AvgIpc) is 2.60. The summed E-state index contributed by atoms with van der Waals surface area (Å²) in [6, 6.07) is 5.84. The Morgan fingerprint density at radius 2 is 2.25 bits per heavy atom. The van der Waals surface area contributed by atoms with Crippen LogP contribution in [-0.2, 0) is 0 Å². The number of primary amides is 1. The molecular formula is C10H9FN4O. The van der Waals surface area contributed by atoms with Crippen LogP contribution in [0.15, 0.2) is 24.3 Å². The van der Waals surface area contributed by atoms with Crippen molar-refractivity contribution in [1.29, 1.82) is 0 Å². The molecule has 0 atom stereocenters. The van der Waals surface area contributed by atoms with Crippen LogP contribution in [0.4, 0.5) is 4.39 Å². The highest BCUT2D eigenvalue weighted by Gasteiger charge is 2.14. The Morgan fingerprint density at radius 3 is 2.81 bits per heavy atom. The van der Waals surface area contributed by atoms with Crippen LogP contribution < -0.4 is 5.73 Å². The molecule has 0 radical (unpaired) electrons. The van der Waals surface area contributed by atoms with Crippen molar-refractivity contribution < 1.29 is 9.18 Å². The van der Waals surface area contributed by atoms with E-state index < -0.39 is 5.91 Å². The normalized spacial score (nSPS) is 10.4. The summed E-state index contributed by atoms with van der Waals surface area (Å²) in [6.07, 6.45) is 0. The van der Waals surface area contributed by atoms with Crippen LogP contribution in [0.3, 0.4) is 0 Å². The summed E-state index contributed by atoms with van der Waals surface area (Å²) in [6.45, 7) is 1.64. The highest BCUT2D eigenvalue weighted by molar-refractivity contribution is 5.91. The molecule has 0 fully saturated rings. The molecule has 0 aliphatic heterocycles. The topological polar surface area (TPSA) is 73.8 Å². The first kappa shape index (κ1) is 10.3. The lowest BCUT2D eigenvalue weighted by atomic mass is 10.3. The van der Waals surface area contributed by atoms with Gasteiger partial charge < -0.3 is 5.73 Å². The first-order valence-corrected chi connectivity index (χ1v) is 4.57. The second-order valence-corrected chi connectivity index (χ2v) is 3.28. The number of amides is 1. The molecule has 5 nitrogen and oxygen atoms in total. The molecule has 1 amide bonds. The van der Waals surface area contributed by atoms with Gasteiger partial charge in [-0.2, -0.15) is 0 Å². The Bertz CT molecular complexity index is 550. The maximum absolute atomic E-state index is 13.0. The molecule has 0 bridgehead atoms. The number of nitrogens with two attached hydrogens (primary N) is 1. The summed E-state index contributed by atoms with van der Waals surface area (Å²) in [7, 11) is 0. The zero-order valence-electron chi connectivity index (χ0n) is 8.51. The van der Waals surface area contributed by atoms with Gasteiger partial charge in [-0.05, 0) is 25.1 Å². The number of rotatable bonds is 2. The van der Waals surface area contributed by atoms with Crippen molar-refractivity contribution in [2.45, 2.75) is 6.92 Å². The minimum absolute atomic E-state index is 0.0873. The molecule has 0 spiro atoms. The smallest absolute Gasteiger partial charge is 0.271 e. The number of hydrogen-bond acceptors (Lipinski definition) is 3. The number of halogens is 1. The van der Waals surface area contributed by atoms with Gasteiger partial charge in [0.05, 0.1) is 11.4 Å². The highest BCUT2D eigenvalue weighted by atomic mass is 19.1. The molecular weight excluding hydrogens is 211 g/mol. The van der Waals surface area contributed by atoms with Crippen molar-refractivity contribution in [1.82, 2.24) is 15.0 Å². The van der Waals surface area contributed by atoms with E-state index in [1.807, 2.05) is 0 Å². The summed E-state index contributed by atoms with van der Waals surface area (Å²) in [5, 5.41) is 7.38. The van der Waals surface area contributed by atoms with E-state index >= 15 is 0 Å². The van der Waals surface area contributed by atoms with E-state index in [-0.39, 0.29) is 11.5 Å². The van der Waals surface area contributed by atoms with Crippen molar-refractivity contribution in [3.8, 4) is 5.69 Å². The van der Waals surface area contributed by atoms with Crippen molar-refractivity contribution in [3.63, 3.8) is 0 Å². The van der Waals surface area contributed by atoms with E-state index in [2.05, 4.69) is 10.3 Å². The molecule has 16 heavy (non-hydrogen) atoms. The quantitative estimate of drug-likeness (QED) is 0.813. The van der Waals surface area contributed by atoms with Gasteiger partial charge in [0.1, 0.15) is 5.82 Å². The van der Waals surface area contributed by atoms with Crippen LogP contribution >= 0.6 is 0 Å². The zero-order chi connectivity index (χ0) is 11.7. The van der Waals surface area contributed by atoms with Crippen LogP contribution in [0.1, 0.15) is 16.2 Å². The lowest BCUT2D eigenvalue weighted by Crippen LogP contribution is -2.13. The van der Waals surface area contributed by atoms with Crippen molar-refractivity contribution in [2.24, 2.45) is 5.73 Å². The zero-order valence-corrected chi connectivity index (χ0v) is 8.51.